The summed E-state index contributed by atoms with van der Waals surface area (Å²) in [5, 5.41) is 7.41. The van der Waals surface area contributed by atoms with Gasteiger partial charge in [0.2, 0.25) is 0 Å². The molecule has 0 aliphatic carbocycles. The van der Waals surface area contributed by atoms with Crippen LogP contribution in [0.3, 0.4) is 0 Å². The summed E-state index contributed by atoms with van der Waals surface area (Å²) >= 11 is 6.30. The number of nitrogens with one attached hydrogen (secondary N) is 1. The summed E-state index contributed by atoms with van der Waals surface area (Å²) in [5.41, 5.74) is 0.970. The molecule has 5 nitrogen and oxygen atoms in total. The first kappa shape index (κ1) is 10.3. The Kier molecular flexibility index (Phi) is 2.54. The van der Waals surface area contributed by atoms with E-state index < -0.39 is 0 Å². The normalized spacial score (nSPS) is 10.6. The second kappa shape index (κ2) is 4.19. The van der Waals surface area contributed by atoms with E-state index in [1.807, 2.05) is 12.1 Å². The van der Waals surface area contributed by atoms with Gasteiger partial charge in [-0.1, -0.05) is 0 Å². The van der Waals surface area contributed by atoms with Gasteiger partial charge in [-0.3, -0.25) is 4.98 Å². The van der Waals surface area contributed by atoms with Crippen molar-refractivity contribution in [2.24, 2.45) is 0 Å². The zero-order valence-electron chi connectivity index (χ0n) is 8.45. The van der Waals surface area contributed by atoms with Gasteiger partial charge >= 0.3 is 0 Å². The van der Waals surface area contributed by atoms with E-state index in [0.717, 1.165) is 15.4 Å². The highest BCUT2D eigenvalue weighted by Gasteiger charge is 2.10. The first-order valence-electron chi connectivity index (χ1n) is 4.75. The zero-order chi connectivity index (χ0) is 11.7. The van der Waals surface area contributed by atoms with E-state index >= 15 is 0 Å². The fraction of sp³-hybridized carbons (Fsp3) is 0. The molecule has 0 spiro atoms. The van der Waals surface area contributed by atoms with Gasteiger partial charge in [0.05, 0.1) is 6.20 Å². The molecule has 17 heavy (non-hydrogen) atoms. The summed E-state index contributed by atoms with van der Waals surface area (Å²) in [6, 6.07) is 3.83. The summed E-state index contributed by atoms with van der Waals surface area (Å²) < 4.78 is 5.22. The van der Waals surface area contributed by atoms with Crippen molar-refractivity contribution in [1.29, 1.82) is 0 Å². The number of H-pyrrole nitrogens is 1. The Hall–Kier alpha value is -1.86. The summed E-state index contributed by atoms with van der Waals surface area (Å²) in [4.78, 5) is 9.44. The van der Waals surface area contributed by atoms with Gasteiger partial charge in [0.15, 0.2) is 0 Å². The number of hydrogen-bond donors (Lipinski definition) is 1. The standard InChI is InChI=1S/C10H6N4OS2/c16-10-14-13-8(15-10)7-5-12-9(17-7)6-2-1-3-11-4-6/h1-5H,(H,14,16). The molecule has 0 unspecified atom stereocenters. The lowest BCUT2D eigenvalue weighted by Gasteiger charge is -1.91. The number of thiazole rings is 1. The first-order valence-corrected chi connectivity index (χ1v) is 5.97. The Labute approximate surface area is 105 Å². The predicted octanol–water partition coefficient (Wildman–Crippen LogP) is 2.92. The van der Waals surface area contributed by atoms with Crippen molar-refractivity contribution in [3.05, 3.63) is 35.6 Å². The van der Waals surface area contributed by atoms with E-state index in [0.29, 0.717) is 5.89 Å². The highest BCUT2D eigenvalue weighted by atomic mass is 32.1. The maximum Gasteiger partial charge on any atom is 0.284 e. The van der Waals surface area contributed by atoms with Gasteiger partial charge in [0, 0.05) is 18.0 Å². The van der Waals surface area contributed by atoms with E-state index in [-0.39, 0.29) is 4.84 Å². The van der Waals surface area contributed by atoms with Crippen LogP contribution in [0.4, 0.5) is 0 Å². The molecule has 0 aliphatic heterocycles. The molecular weight excluding hydrogens is 256 g/mol. The molecule has 3 aromatic rings. The van der Waals surface area contributed by atoms with Crippen LogP contribution in [0.1, 0.15) is 0 Å². The third-order valence-electron chi connectivity index (χ3n) is 2.06. The minimum atomic E-state index is 0.260. The van der Waals surface area contributed by atoms with Crippen molar-refractivity contribution >= 4 is 23.6 Å². The highest BCUT2D eigenvalue weighted by molar-refractivity contribution is 7.71. The second-order valence-electron chi connectivity index (χ2n) is 3.19. The second-order valence-corrected chi connectivity index (χ2v) is 4.59. The lowest BCUT2D eigenvalue weighted by molar-refractivity contribution is 0.553. The quantitative estimate of drug-likeness (QED) is 0.719. The van der Waals surface area contributed by atoms with Crippen LogP contribution in [-0.2, 0) is 0 Å². The minimum absolute atomic E-state index is 0.260. The third kappa shape index (κ3) is 2.02. The average Bonchev–Trinajstić information content (AvgIpc) is 2.98. The van der Waals surface area contributed by atoms with Crippen molar-refractivity contribution in [3.63, 3.8) is 0 Å². The smallest absolute Gasteiger partial charge is 0.284 e. The molecular formula is C10H6N4OS2. The number of hydrogen-bond acceptors (Lipinski definition) is 6. The van der Waals surface area contributed by atoms with Crippen LogP contribution < -0.4 is 0 Å². The fourth-order valence-corrected chi connectivity index (χ4v) is 2.29. The van der Waals surface area contributed by atoms with E-state index in [2.05, 4.69) is 20.2 Å². The van der Waals surface area contributed by atoms with E-state index in [9.17, 15) is 0 Å². The summed E-state index contributed by atoms with van der Waals surface area (Å²) in [6.07, 6.45) is 5.20. The van der Waals surface area contributed by atoms with Crippen LogP contribution in [0.15, 0.2) is 35.1 Å². The van der Waals surface area contributed by atoms with Gasteiger partial charge in [-0.25, -0.2) is 10.1 Å². The van der Waals surface area contributed by atoms with E-state index in [1.54, 1.807) is 18.6 Å². The highest BCUT2D eigenvalue weighted by Crippen LogP contribution is 2.30. The Morgan fingerprint density at radius 3 is 3.00 bits per heavy atom. The molecule has 0 aromatic carbocycles. The molecule has 0 bridgehead atoms. The van der Waals surface area contributed by atoms with Crippen molar-refractivity contribution in [1.82, 2.24) is 20.2 Å². The molecule has 0 atom stereocenters. The fourth-order valence-electron chi connectivity index (χ4n) is 1.33. The van der Waals surface area contributed by atoms with Crippen LogP contribution in [0.2, 0.25) is 0 Å². The largest absolute Gasteiger partial charge is 0.408 e. The molecule has 0 saturated heterocycles. The molecule has 3 aromatic heterocycles. The van der Waals surface area contributed by atoms with E-state index in [4.69, 9.17) is 16.6 Å². The molecule has 0 amide bonds. The lowest BCUT2D eigenvalue weighted by Crippen LogP contribution is -1.75. The maximum absolute atomic E-state index is 5.22. The molecule has 0 saturated carbocycles. The molecule has 7 heteroatoms. The van der Waals surface area contributed by atoms with Gasteiger partial charge in [0.1, 0.15) is 9.88 Å². The number of rotatable bonds is 2. The number of nitrogens with zero attached hydrogens (tertiary/aromatic N) is 3. The third-order valence-corrected chi connectivity index (χ3v) is 3.27. The first-order chi connectivity index (χ1) is 8.33. The van der Waals surface area contributed by atoms with Gasteiger partial charge in [-0.2, -0.15) is 0 Å². The van der Waals surface area contributed by atoms with Crippen molar-refractivity contribution in [2.45, 2.75) is 0 Å². The summed E-state index contributed by atoms with van der Waals surface area (Å²) in [6.45, 7) is 0. The van der Waals surface area contributed by atoms with Crippen LogP contribution in [-0.4, -0.2) is 20.2 Å². The zero-order valence-corrected chi connectivity index (χ0v) is 10.1. The number of aromatic nitrogens is 4. The average molecular weight is 262 g/mol. The van der Waals surface area contributed by atoms with Crippen molar-refractivity contribution in [2.75, 3.05) is 0 Å². The molecule has 0 fully saturated rings. The number of pyridine rings is 1. The number of aromatic amines is 1. The monoisotopic (exact) mass is 262 g/mol. The SMILES string of the molecule is S=c1[nH]nc(-c2cnc(-c3cccnc3)s2)o1. The van der Waals surface area contributed by atoms with Crippen LogP contribution >= 0.6 is 23.6 Å². The Bertz CT molecular complexity index is 685. The molecule has 3 heterocycles. The molecule has 3 rings (SSSR count). The Morgan fingerprint density at radius 1 is 1.35 bits per heavy atom. The van der Waals surface area contributed by atoms with Crippen LogP contribution in [0, 0.1) is 4.84 Å². The molecule has 0 radical (unpaired) electrons. The Morgan fingerprint density at radius 2 is 2.29 bits per heavy atom. The lowest BCUT2D eigenvalue weighted by atomic mass is 10.3. The van der Waals surface area contributed by atoms with Crippen LogP contribution in [0.25, 0.3) is 21.3 Å². The molecule has 0 aliphatic rings. The molecule has 1 N–H and O–H groups in total. The Balaban J connectivity index is 2.01. The maximum atomic E-state index is 5.22. The van der Waals surface area contributed by atoms with Gasteiger partial charge in [-0.15, -0.1) is 16.4 Å². The minimum Gasteiger partial charge on any atom is -0.408 e. The van der Waals surface area contributed by atoms with Gasteiger partial charge in [-0.05, 0) is 24.4 Å². The topological polar surface area (TPSA) is 67.6 Å². The van der Waals surface area contributed by atoms with Crippen LogP contribution in [0.5, 0.6) is 0 Å². The van der Waals surface area contributed by atoms with Crippen molar-refractivity contribution in [3.8, 4) is 21.3 Å². The van der Waals surface area contributed by atoms with Gasteiger partial charge < -0.3 is 4.42 Å². The summed E-state index contributed by atoms with van der Waals surface area (Å²) in [7, 11) is 0. The molecule has 84 valence electrons. The summed E-state index contributed by atoms with van der Waals surface area (Å²) in [5.74, 6) is 0.461. The predicted molar refractivity (Wildman–Crippen MR) is 66.0 cm³/mol. The van der Waals surface area contributed by atoms with Crippen molar-refractivity contribution < 1.29 is 4.42 Å². The van der Waals surface area contributed by atoms with E-state index in [1.165, 1.54) is 11.3 Å². The van der Waals surface area contributed by atoms with Gasteiger partial charge in [0.25, 0.3) is 10.7 Å².